The minimum Gasteiger partial charge on any atom is -0.369 e. The summed E-state index contributed by atoms with van der Waals surface area (Å²) in [7, 11) is -3.47. The summed E-state index contributed by atoms with van der Waals surface area (Å²) in [5.41, 5.74) is 6.23. The summed E-state index contributed by atoms with van der Waals surface area (Å²) in [6, 6.07) is 21.7. The predicted molar refractivity (Wildman–Crippen MR) is 248 cm³/mol. The molecule has 3 aromatic carbocycles. The van der Waals surface area contributed by atoms with Gasteiger partial charge in [0.05, 0.1) is 34.6 Å². The highest BCUT2D eigenvalue weighted by Gasteiger charge is 2.32. The summed E-state index contributed by atoms with van der Waals surface area (Å²) in [6.45, 7) is 10.5. The summed E-state index contributed by atoms with van der Waals surface area (Å²) in [4.78, 5) is 46.4. The van der Waals surface area contributed by atoms with Crippen molar-refractivity contribution >= 4 is 67.4 Å². The Morgan fingerprint density at radius 2 is 1.58 bits per heavy atom. The molecule has 4 fully saturated rings. The van der Waals surface area contributed by atoms with Crippen molar-refractivity contribution in [3.8, 4) is 0 Å². The average molecular weight is 890 g/mol. The molecule has 0 bridgehead atoms. The first-order chi connectivity index (χ1) is 31.0. The highest BCUT2D eigenvalue weighted by atomic mass is 32.2. The number of halogens is 1. The summed E-state index contributed by atoms with van der Waals surface area (Å²) in [5, 5.41) is 9.77. The van der Waals surface area contributed by atoms with Gasteiger partial charge in [0.1, 0.15) is 17.3 Å². The second-order valence-corrected chi connectivity index (χ2v) is 19.9. The van der Waals surface area contributed by atoms with E-state index in [9.17, 15) is 18.0 Å². The number of piperidine rings is 2. The van der Waals surface area contributed by atoms with Crippen LogP contribution in [0, 0.1) is 5.82 Å². The number of rotatable bonds is 12. The standard InChI is InChI=1S/C47H56FN11O4S/c1-64(62,63)59-22-15-33-3-2-4-40(43(33)59)51-45-38-13-18-49-44(38)53-47(54-45)50-35-9-11-41(39(48)29-35)58-20-16-36(17-21-58)57-27-25-55(26-28-57)23-24-56-19-14-34(30-56)31-5-7-32(8-6-31)37-10-12-42(60)52-46(37)61/h2-9,11,13,18,29,34,36-37H,10,12,14-17,19-28,30H2,1H3,(H,52,60,61)(H3,49,50,51,53,54). The number of benzene rings is 3. The third-order valence-corrected chi connectivity index (χ3v) is 15.2. The second kappa shape index (κ2) is 17.7. The number of hydrogen-bond donors (Lipinski definition) is 4. The minimum absolute atomic E-state index is 0.178. The molecule has 15 nitrogen and oxygen atoms in total. The number of aromatic nitrogens is 3. The van der Waals surface area contributed by atoms with Gasteiger partial charge in [0.25, 0.3) is 0 Å². The van der Waals surface area contributed by atoms with Crippen LogP contribution in [0.3, 0.4) is 0 Å². The summed E-state index contributed by atoms with van der Waals surface area (Å²) in [5.74, 6) is 0.368. The first-order valence-corrected chi connectivity index (χ1v) is 24.5. The van der Waals surface area contributed by atoms with Gasteiger partial charge in [-0.1, -0.05) is 36.4 Å². The molecule has 64 heavy (non-hydrogen) atoms. The van der Waals surface area contributed by atoms with Crippen LogP contribution in [0.15, 0.2) is 72.9 Å². The third kappa shape index (κ3) is 8.90. The monoisotopic (exact) mass is 889 g/mol. The normalized spacial score (nSPS) is 21.7. The first kappa shape index (κ1) is 42.3. The summed E-state index contributed by atoms with van der Waals surface area (Å²) >= 11 is 0. The molecular formula is C47H56FN11O4S. The Labute approximate surface area is 373 Å². The number of carbonyl (C=O) groups excluding carboxylic acids is 2. The molecule has 0 radical (unpaired) electrons. The van der Waals surface area contributed by atoms with Crippen molar-refractivity contribution in [1.82, 2.24) is 35.0 Å². The number of piperazine rings is 1. The molecule has 2 unspecified atom stereocenters. The number of carbonyl (C=O) groups is 2. The number of sulfonamides is 1. The molecular weight excluding hydrogens is 834 g/mol. The van der Waals surface area contributed by atoms with Crippen LogP contribution in [0.1, 0.15) is 60.6 Å². The van der Waals surface area contributed by atoms with E-state index in [4.69, 9.17) is 4.98 Å². The number of nitrogens with zero attached hydrogens (tertiary/aromatic N) is 7. The lowest BCUT2D eigenvalue weighted by Crippen LogP contribution is -2.54. The van der Waals surface area contributed by atoms with E-state index < -0.39 is 10.0 Å². The van der Waals surface area contributed by atoms with Gasteiger partial charge in [-0.25, -0.2) is 12.8 Å². The Bertz CT molecular complexity index is 2640. The maximum Gasteiger partial charge on any atom is 0.234 e. The van der Waals surface area contributed by atoms with Crippen molar-refractivity contribution in [3.05, 3.63) is 95.4 Å². The van der Waals surface area contributed by atoms with Crippen molar-refractivity contribution in [1.29, 1.82) is 0 Å². The van der Waals surface area contributed by atoms with Crippen molar-refractivity contribution < 1.29 is 22.4 Å². The van der Waals surface area contributed by atoms with Crippen LogP contribution in [0.5, 0.6) is 0 Å². The molecule has 7 heterocycles. The van der Waals surface area contributed by atoms with Crippen molar-refractivity contribution in [3.63, 3.8) is 0 Å². The van der Waals surface area contributed by atoms with Gasteiger partial charge in [0.15, 0.2) is 0 Å². The van der Waals surface area contributed by atoms with Crippen molar-refractivity contribution in [2.45, 2.75) is 56.4 Å². The Hall–Kier alpha value is -5.62. The van der Waals surface area contributed by atoms with Crippen LogP contribution < -0.4 is 25.2 Å². The number of hydrogen-bond acceptors (Lipinski definition) is 12. The molecule has 4 N–H and O–H groups in total. The van der Waals surface area contributed by atoms with Gasteiger partial charge in [-0.15, -0.1) is 0 Å². The minimum atomic E-state index is -3.47. The van der Waals surface area contributed by atoms with Crippen LogP contribution in [0.4, 0.5) is 38.9 Å². The molecule has 0 spiro atoms. The number of para-hydroxylation sites is 1. The SMILES string of the molecule is CS(=O)(=O)N1CCc2cccc(Nc3nc(Nc4ccc(N5CCC(N6CCN(CCN7CCC(c8ccc(C9CCC(=O)NC9=O)cc8)C7)CC6)CC5)c(F)c4)nc4[nH]ccc34)c21. The molecule has 336 valence electrons. The van der Waals surface area contributed by atoms with Crippen molar-refractivity contribution in [2.24, 2.45) is 0 Å². The van der Waals surface area contributed by atoms with Gasteiger partial charge < -0.3 is 25.4 Å². The third-order valence-electron chi connectivity index (χ3n) is 14.0. The fraction of sp³-hybridized carbons (Fsp3) is 0.447. The smallest absolute Gasteiger partial charge is 0.234 e. The van der Waals surface area contributed by atoms with Gasteiger partial charge in [-0.2, -0.15) is 9.97 Å². The lowest BCUT2D eigenvalue weighted by atomic mass is 9.88. The quantitative estimate of drug-likeness (QED) is 0.117. The van der Waals surface area contributed by atoms with E-state index in [1.807, 2.05) is 36.4 Å². The zero-order chi connectivity index (χ0) is 44.0. The Morgan fingerprint density at radius 1 is 0.797 bits per heavy atom. The number of imide groups is 1. The van der Waals surface area contributed by atoms with E-state index in [1.165, 1.54) is 22.2 Å². The Balaban J connectivity index is 0.686. The topological polar surface area (TPSA) is 162 Å². The fourth-order valence-electron chi connectivity index (χ4n) is 10.5. The van der Waals surface area contributed by atoms with Crippen LogP contribution in [0.25, 0.3) is 11.0 Å². The molecule has 17 heteroatoms. The summed E-state index contributed by atoms with van der Waals surface area (Å²) in [6.07, 6.45) is 7.73. The van der Waals surface area contributed by atoms with Crippen LogP contribution in [-0.2, 0) is 26.0 Å². The molecule has 5 aromatic rings. The Kier molecular flexibility index (Phi) is 11.7. The zero-order valence-electron chi connectivity index (χ0n) is 36.2. The van der Waals surface area contributed by atoms with E-state index in [2.05, 4.69) is 69.8 Å². The molecule has 0 aliphatic carbocycles. The Morgan fingerprint density at radius 3 is 2.34 bits per heavy atom. The van der Waals surface area contributed by atoms with Gasteiger partial charge in [-0.05, 0) is 91.6 Å². The molecule has 2 aromatic heterocycles. The number of amides is 2. The lowest BCUT2D eigenvalue weighted by molar-refractivity contribution is -0.134. The molecule has 0 saturated carbocycles. The van der Waals surface area contributed by atoms with Crippen LogP contribution in [0.2, 0.25) is 0 Å². The molecule has 5 aliphatic rings. The van der Waals surface area contributed by atoms with E-state index in [0.29, 0.717) is 72.0 Å². The molecule has 10 rings (SSSR count). The van der Waals surface area contributed by atoms with E-state index in [-0.39, 0.29) is 29.5 Å². The number of H-pyrrole nitrogens is 1. The van der Waals surface area contributed by atoms with Crippen LogP contribution >= 0.6 is 0 Å². The number of likely N-dealkylation sites (tertiary alicyclic amines) is 1. The molecule has 4 saturated heterocycles. The van der Waals surface area contributed by atoms with Crippen molar-refractivity contribution in [2.75, 3.05) is 98.1 Å². The highest BCUT2D eigenvalue weighted by Crippen LogP contribution is 2.40. The van der Waals surface area contributed by atoms with Gasteiger partial charge in [0.2, 0.25) is 27.8 Å². The molecule has 5 aliphatic heterocycles. The first-order valence-electron chi connectivity index (χ1n) is 22.7. The lowest BCUT2D eigenvalue weighted by Gasteiger charge is -2.43. The van der Waals surface area contributed by atoms with E-state index in [1.54, 1.807) is 6.20 Å². The number of nitrogens with one attached hydrogen (secondary N) is 4. The zero-order valence-corrected chi connectivity index (χ0v) is 37.0. The second-order valence-electron chi connectivity index (χ2n) is 18.0. The van der Waals surface area contributed by atoms with Gasteiger partial charge >= 0.3 is 0 Å². The fourth-order valence-corrected chi connectivity index (χ4v) is 11.4. The predicted octanol–water partition coefficient (Wildman–Crippen LogP) is 5.50. The maximum absolute atomic E-state index is 15.8. The number of fused-ring (bicyclic) bond motifs is 2. The summed E-state index contributed by atoms with van der Waals surface area (Å²) < 4.78 is 42.5. The number of aromatic amines is 1. The highest BCUT2D eigenvalue weighted by molar-refractivity contribution is 7.92. The van der Waals surface area contributed by atoms with E-state index >= 15 is 4.39 Å². The molecule has 2 atom stereocenters. The molecule has 2 amide bonds. The van der Waals surface area contributed by atoms with Gasteiger partial charge in [-0.3, -0.25) is 29.0 Å². The average Bonchev–Trinajstić information content (AvgIpc) is 4.08. The number of anilines is 6. The van der Waals surface area contributed by atoms with E-state index in [0.717, 1.165) is 101 Å². The van der Waals surface area contributed by atoms with Gasteiger partial charge in [0, 0.05) is 89.8 Å². The van der Waals surface area contributed by atoms with Crippen LogP contribution in [-0.4, -0.2) is 134 Å². The largest absolute Gasteiger partial charge is 0.369 e. The maximum atomic E-state index is 15.8.